The van der Waals surface area contributed by atoms with Crippen molar-refractivity contribution in [2.24, 2.45) is 0 Å². The van der Waals surface area contributed by atoms with Crippen molar-refractivity contribution in [3.63, 3.8) is 0 Å². The Morgan fingerprint density at radius 2 is 1.45 bits per heavy atom. The lowest BCUT2D eigenvalue weighted by Gasteiger charge is -2.32. The molecule has 0 atom stereocenters. The van der Waals surface area contributed by atoms with E-state index in [-0.39, 0.29) is 19.1 Å². The van der Waals surface area contributed by atoms with Crippen LogP contribution in [0.1, 0.15) is 50.3 Å². The molecule has 2 aliphatic rings. The molecule has 6 rings (SSSR count). The van der Waals surface area contributed by atoms with Gasteiger partial charge in [-0.3, -0.25) is 0 Å². The number of fused-ring (bicyclic) bond motifs is 4. The molecule has 4 aromatic carbocycles. The van der Waals surface area contributed by atoms with Crippen LogP contribution in [0.5, 0.6) is 5.75 Å². The van der Waals surface area contributed by atoms with Crippen molar-refractivity contribution in [1.29, 1.82) is 0 Å². The standard InChI is InChI=1S/C35H36BNO5/c1-34(2)35(3,4)42-36(41-34)24(20-30-25-13-7-6-12-23(25)18-19-32(30)39-5)21-37-33(38)40-22-31-28-16-10-8-14-26(28)27-15-9-11-17-29(27)31/h6-20,31H,21-22H2,1-5H3,(H,37,38). The molecule has 42 heavy (non-hydrogen) atoms. The number of benzene rings is 4. The Bertz CT molecular complexity index is 1620. The summed E-state index contributed by atoms with van der Waals surface area (Å²) in [7, 11) is 0.998. The van der Waals surface area contributed by atoms with E-state index in [4.69, 9.17) is 18.8 Å². The van der Waals surface area contributed by atoms with Gasteiger partial charge >= 0.3 is 13.2 Å². The fraction of sp³-hybridized carbons (Fsp3) is 0.286. The molecule has 1 amide bonds. The quantitative estimate of drug-likeness (QED) is 0.238. The van der Waals surface area contributed by atoms with Gasteiger partial charge in [0.25, 0.3) is 0 Å². The molecular weight excluding hydrogens is 525 g/mol. The van der Waals surface area contributed by atoms with Crippen LogP contribution >= 0.6 is 0 Å². The highest BCUT2D eigenvalue weighted by Gasteiger charge is 2.52. The Balaban J connectivity index is 1.25. The van der Waals surface area contributed by atoms with Crippen LogP contribution < -0.4 is 10.1 Å². The van der Waals surface area contributed by atoms with Gasteiger partial charge in [-0.05, 0) is 72.3 Å². The molecule has 6 nitrogen and oxygen atoms in total. The number of alkyl carbamates (subject to hydrolysis) is 1. The summed E-state index contributed by atoms with van der Waals surface area (Å²) in [5.41, 5.74) is 5.31. The van der Waals surface area contributed by atoms with E-state index in [1.54, 1.807) is 7.11 Å². The summed E-state index contributed by atoms with van der Waals surface area (Å²) in [5, 5.41) is 5.08. The minimum absolute atomic E-state index is 0.0128. The molecule has 1 heterocycles. The molecule has 1 N–H and O–H groups in total. The van der Waals surface area contributed by atoms with Gasteiger partial charge in [-0.25, -0.2) is 4.79 Å². The van der Waals surface area contributed by atoms with Crippen molar-refractivity contribution >= 4 is 30.1 Å². The summed E-state index contributed by atoms with van der Waals surface area (Å²) in [6.45, 7) is 8.49. The molecule has 0 spiro atoms. The van der Waals surface area contributed by atoms with E-state index >= 15 is 0 Å². The van der Waals surface area contributed by atoms with Gasteiger partial charge in [-0.2, -0.15) is 0 Å². The molecule has 1 aliphatic carbocycles. The number of amides is 1. The third kappa shape index (κ3) is 5.08. The van der Waals surface area contributed by atoms with Crippen LogP contribution in [0.4, 0.5) is 4.79 Å². The molecule has 0 bridgehead atoms. The van der Waals surface area contributed by atoms with Gasteiger partial charge in [0.15, 0.2) is 0 Å². The molecule has 4 aromatic rings. The van der Waals surface area contributed by atoms with Crippen LogP contribution in [-0.2, 0) is 14.0 Å². The Morgan fingerprint density at radius 1 is 0.857 bits per heavy atom. The van der Waals surface area contributed by atoms with Crippen LogP contribution in [0.3, 0.4) is 0 Å². The zero-order valence-electron chi connectivity index (χ0n) is 24.8. The van der Waals surface area contributed by atoms with Crippen molar-refractivity contribution in [3.05, 3.63) is 107 Å². The largest absolute Gasteiger partial charge is 0.496 e. The number of hydrogen-bond acceptors (Lipinski definition) is 5. The van der Waals surface area contributed by atoms with Gasteiger partial charge in [-0.15, -0.1) is 0 Å². The lowest BCUT2D eigenvalue weighted by atomic mass is 9.76. The van der Waals surface area contributed by atoms with E-state index in [2.05, 4.69) is 41.7 Å². The molecule has 0 aromatic heterocycles. The molecule has 0 radical (unpaired) electrons. The first-order valence-corrected chi connectivity index (χ1v) is 14.4. The summed E-state index contributed by atoms with van der Waals surface area (Å²) >= 11 is 0. The van der Waals surface area contributed by atoms with Gasteiger partial charge in [0.2, 0.25) is 0 Å². The first-order valence-electron chi connectivity index (χ1n) is 14.4. The molecule has 214 valence electrons. The highest BCUT2D eigenvalue weighted by Crippen LogP contribution is 2.44. The maximum Gasteiger partial charge on any atom is 0.492 e. The highest BCUT2D eigenvalue weighted by atomic mass is 16.7. The first-order chi connectivity index (χ1) is 20.2. The second kappa shape index (κ2) is 11.0. The Hall–Kier alpha value is -4.07. The lowest BCUT2D eigenvalue weighted by Crippen LogP contribution is -2.41. The average Bonchev–Trinajstić information content (AvgIpc) is 3.42. The molecule has 7 heteroatoms. The Kier molecular flexibility index (Phi) is 7.33. The van der Waals surface area contributed by atoms with E-state index in [1.807, 2.05) is 82.3 Å². The smallest absolute Gasteiger partial charge is 0.492 e. The third-order valence-corrected chi connectivity index (χ3v) is 8.82. The number of nitrogens with one attached hydrogen (secondary N) is 1. The second-order valence-corrected chi connectivity index (χ2v) is 11.9. The van der Waals surface area contributed by atoms with Crippen molar-refractivity contribution in [2.75, 3.05) is 20.3 Å². The molecule has 0 unspecified atom stereocenters. The zero-order chi connectivity index (χ0) is 29.5. The fourth-order valence-electron chi connectivity index (χ4n) is 5.81. The predicted molar refractivity (Wildman–Crippen MR) is 168 cm³/mol. The Morgan fingerprint density at radius 3 is 2.10 bits per heavy atom. The van der Waals surface area contributed by atoms with Gasteiger partial charge in [0.1, 0.15) is 12.4 Å². The maximum absolute atomic E-state index is 13.1. The number of ether oxygens (including phenoxy) is 2. The predicted octanol–water partition coefficient (Wildman–Crippen LogP) is 7.40. The molecule has 1 saturated heterocycles. The van der Waals surface area contributed by atoms with Crippen LogP contribution in [0.2, 0.25) is 0 Å². The van der Waals surface area contributed by atoms with E-state index in [9.17, 15) is 4.79 Å². The van der Waals surface area contributed by atoms with Gasteiger partial charge in [-0.1, -0.05) is 84.9 Å². The highest BCUT2D eigenvalue weighted by molar-refractivity contribution is 6.56. The molecule has 1 fully saturated rings. The summed E-state index contributed by atoms with van der Waals surface area (Å²) < 4.78 is 24.4. The number of carbonyl (C=O) groups excluding carboxylic acids is 1. The molecular formula is C35H36BNO5. The van der Waals surface area contributed by atoms with E-state index in [0.717, 1.165) is 27.6 Å². The number of methoxy groups -OCH3 is 1. The van der Waals surface area contributed by atoms with E-state index in [0.29, 0.717) is 0 Å². The van der Waals surface area contributed by atoms with Crippen LogP contribution in [0.25, 0.3) is 28.0 Å². The summed E-state index contributed by atoms with van der Waals surface area (Å²) in [6.07, 6.45) is 1.51. The van der Waals surface area contributed by atoms with Crippen molar-refractivity contribution in [2.45, 2.75) is 44.8 Å². The van der Waals surface area contributed by atoms with Gasteiger partial charge < -0.3 is 24.1 Å². The average molecular weight is 561 g/mol. The zero-order valence-corrected chi connectivity index (χ0v) is 24.8. The fourth-order valence-corrected chi connectivity index (χ4v) is 5.81. The van der Waals surface area contributed by atoms with Gasteiger partial charge in [0, 0.05) is 18.0 Å². The van der Waals surface area contributed by atoms with E-state index in [1.165, 1.54) is 22.3 Å². The first kappa shape index (κ1) is 28.1. The van der Waals surface area contributed by atoms with Crippen molar-refractivity contribution < 1.29 is 23.6 Å². The normalized spacial score (nSPS) is 17.2. The third-order valence-electron chi connectivity index (χ3n) is 8.82. The van der Waals surface area contributed by atoms with Gasteiger partial charge in [0.05, 0.1) is 18.3 Å². The number of carbonyl (C=O) groups is 1. The minimum atomic E-state index is -0.660. The summed E-state index contributed by atoms with van der Waals surface area (Å²) in [5.74, 6) is 0.713. The van der Waals surface area contributed by atoms with Crippen LogP contribution in [0, 0.1) is 0 Å². The number of hydrogen-bond donors (Lipinski definition) is 1. The summed E-state index contributed by atoms with van der Waals surface area (Å²) in [4.78, 5) is 13.1. The SMILES string of the molecule is COc1ccc2ccccc2c1C=C(CNC(=O)OCC1c2ccccc2-c2ccccc21)B1OC(C)(C)C(C)(C)O1. The minimum Gasteiger partial charge on any atom is -0.496 e. The maximum atomic E-state index is 13.1. The Labute approximate surface area is 247 Å². The van der Waals surface area contributed by atoms with Crippen molar-refractivity contribution in [1.82, 2.24) is 5.32 Å². The molecule has 0 saturated carbocycles. The molecule has 1 aliphatic heterocycles. The van der Waals surface area contributed by atoms with Crippen LogP contribution in [-0.4, -0.2) is 44.7 Å². The monoisotopic (exact) mass is 561 g/mol. The van der Waals surface area contributed by atoms with E-state index < -0.39 is 24.4 Å². The second-order valence-electron chi connectivity index (χ2n) is 11.9. The van der Waals surface area contributed by atoms with Crippen LogP contribution in [0.15, 0.2) is 90.4 Å². The number of rotatable bonds is 7. The topological polar surface area (TPSA) is 66.0 Å². The van der Waals surface area contributed by atoms with Crippen molar-refractivity contribution in [3.8, 4) is 16.9 Å². The lowest BCUT2D eigenvalue weighted by molar-refractivity contribution is 0.00578. The summed E-state index contributed by atoms with van der Waals surface area (Å²) in [6, 6.07) is 28.7.